The first kappa shape index (κ1) is 28.7. The average Bonchev–Trinajstić information content (AvgIpc) is 3.17. The van der Waals surface area contributed by atoms with Crippen molar-refractivity contribution in [2.45, 2.75) is 44.8 Å². The van der Waals surface area contributed by atoms with E-state index in [1.165, 1.54) is 27.8 Å². The lowest BCUT2D eigenvalue weighted by atomic mass is 9.94. The van der Waals surface area contributed by atoms with E-state index in [1.54, 1.807) is 11.8 Å². The maximum atomic E-state index is 13.6. The predicted molar refractivity (Wildman–Crippen MR) is 134 cm³/mol. The summed E-state index contributed by atoms with van der Waals surface area (Å²) in [5.74, 6) is -1.96. The molecular formula is C25H25F6N2O3S2-. The predicted octanol–water partition coefficient (Wildman–Crippen LogP) is 6.59. The highest BCUT2D eigenvalue weighted by Gasteiger charge is 2.43. The number of thiophene rings is 1. The molecule has 3 unspecified atom stereocenters. The van der Waals surface area contributed by atoms with Crippen molar-refractivity contribution in [2.24, 2.45) is 5.92 Å². The lowest BCUT2D eigenvalue weighted by molar-refractivity contribution is -0.274. The number of anilines is 1. The zero-order valence-corrected chi connectivity index (χ0v) is 21.9. The number of hydrogen-bond acceptors (Lipinski definition) is 5. The second-order valence-corrected chi connectivity index (χ2v) is 11.1. The summed E-state index contributed by atoms with van der Waals surface area (Å²) in [6.07, 6.45) is -8.83. The molecule has 1 aliphatic rings. The minimum atomic E-state index is -4.86. The first-order valence-electron chi connectivity index (χ1n) is 11.8. The Bertz CT molecular complexity index is 1260. The van der Waals surface area contributed by atoms with Crippen LogP contribution in [0.4, 0.5) is 31.3 Å². The van der Waals surface area contributed by atoms with Crippen molar-refractivity contribution < 1.29 is 39.8 Å². The fourth-order valence-electron chi connectivity index (χ4n) is 4.82. The van der Waals surface area contributed by atoms with Crippen molar-refractivity contribution in [1.82, 2.24) is 4.90 Å². The third-order valence-electron chi connectivity index (χ3n) is 6.66. The van der Waals surface area contributed by atoms with Gasteiger partial charge in [0, 0.05) is 35.1 Å². The quantitative estimate of drug-likeness (QED) is 0.223. The Hall–Kier alpha value is -2.35. The summed E-state index contributed by atoms with van der Waals surface area (Å²) >= 11 is -1.44. The molecule has 1 fully saturated rings. The van der Waals surface area contributed by atoms with E-state index >= 15 is 0 Å². The molecule has 1 aromatic heterocycles. The number of rotatable bonds is 8. The topological polar surface area (TPSA) is 55.8 Å². The van der Waals surface area contributed by atoms with Crippen LogP contribution in [0.1, 0.15) is 24.0 Å². The number of hydrogen-bond donors (Lipinski definition) is 0. The van der Waals surface area contributed by atoms with Gasteiger partial charge >= 0.3 is 12.5 Å². The molecule has 13 heteroatoms. The van der Waals surface area contributed by atoms with Gasteiger partial charge in [-0.1, -0.05) is 30.3 Å². The summed E-state index contributed by atoms with van der Waals surface area (Å²) in [6, 6.07) is 11.8. The summed E-state index contributed by atoms with van der Waals surface area (Å²) in [7, 11) is 0. The van der Waals surface area contributed by atoms with E-state index in [1.807, 2.05) is 24.3 Å². The number of fused-ring (bicyclic) bond motifs is 1. The van der Waals surface area contributed by atoms with Crippen molar-refractivity contribution in [3.8, 4) is 5.75 Å². The monoisotopic (exact) mass is 579 g/mol. The summed E-state index contributed by atoms with van der Waals surface area (Å²) < 4.78 is 109. The number of aryl methyl sites for hydroxylation is 1. The third kappa shape index (κ3) is 6.99. The van der Waals surface area contributed by atoms with E-state index in [-0.39, 0.29) is 25.9 Å². The molecule has 4 rings (SSSR count). The van der Waals surface area contributed by atoms with E-state index in [0.717, 1.165) is 27.8 Å². The smallest absolute Gasteiger partial charge is 0.573 e. The van der Waals surface area contributed by atoms with Crippen LogP contribution >= 0.6 is 11.3 Å². The fourth-order valence-corrected chi connectivity index (χ4v) is 6.80. The molecule has 1 saturated heterocycles. The number of halogens is 6. The molecule has 0 aliphatic carbocycles. The van der Waals surface area contributed by atoms with Gasteiger partial charge in [-0.3, -0.25) is 13.4 Å². The third-order valence-corrected chi connectivity index (χ3v) is 8.76. The SMILES string of the molecule is Cc1c(N(CC(Cc2ccc(OC(F)(F)F)cc2)N2CCCC(C(F)(F)F)C2)S(=O)[O-])sc2ccccc12. The number of piperidine rings is 1. The van der Waals surface area contributed by atoms with Crippen molar-refractivity contribution in [3.63, 3.8) is 0 Å². The highest BCUT2D eigenvalue weighted by molar-refractivity contribution is 7.81. The van der Waals surface area contributed by atoms with Crippen LogP contribution in [-0.2, 0) is 17.7 Å². The number of benzene rings is 2. The number of likely N-dealkylation sites (tertiary alicyclic amines) is 1. The molecule has 3 atom stereocenters. The zero-order chi connectivity index (χ0) is 27.7. The Morgan fingerprint density at radius 3 is 2.42 bits per heavy atom. The highest BCUT2D eigenvalue weighted by atomic mass is 32.2. The largest absolute Gasteiger partial charge is 0.755 e. The van der Waals surface area contributed by atoms with E-state index < -0.39 is 41.5 Å². The molecule has 208 valence electrons. The van der Waals surface area contributed by atoms with Crippen LogP contribution in [0.25, 0.3) is 10.1 Å². The normalized spacial score (nSPS) is 18.9. The van der Waals surface area contributed by atoms with Crippen LogP contribution in [-0.4, -0.2) is 51.9 Å². The Morgan fingerprint density at radius 2 is 1.82 bits per heavy atom. The van der Waals surface area contributed by atoms with Crippen molar-refractivity contribution in [2.75, 3.05) is 23.9 Å². The first-order chi connectivity index (χ1) is 17.8. The molecule has 0 spiro atoms. The maximum absolute atomic E-state index is 13.6. The lowest BCUT2D eigenvalue weighted by Crippen LogP contribution is -2.51. The molecular weight excluding hydrogens is 554 g/mol. The van der Waals surface area contributed by atoms with Gasteiger partial charge in [0.25, 0.3) is 0 Å². The van der Waals surface area contributed by atoms with Crippen molar-refractivity contribution >= 4 is 37.7 Å². The van der Waals surface area contributed by atoms with Gasteiger partial charge in [0.05, 0.1) is 5.92 Å². The second kappa shape index (κ2) is 11.4. The van der Waals surface area contributed by atoms with E-state index in [0.29, 0.717) is 23.5 Å². The van der Waals surface area contributed by atoms with Gasteiger partial charge < -0.3 is 9.29 Å². The molecule has 3 aromatic rings. The summed E-state index contributed by atoms with van der Waals surface area (Å²) in [4.78, 5) is 1.64. The molecule has 2 aromatic carbocycles. The Kier molecular flexibility index (Phi) is 8.60. The Morgan fingerprint density at radius 1 is 1.13 bits per heavy atom. The van der Waals surface area contributed by atoms with E-state index in [9.17, 15) is 35.1 Å². The molecule has 38 heavy (non-hydrogen) atoms. The van der Waals surface area contributed by atoms with E-state index in [2.05, 4.69) is 4.74 Å². The van der Waals surface area contributed by atoms with Crippen LogP contribution in [0, 0.1) is 12.8 Å². The molecule has 1 aliphatic heterocycles. The van der Waals surface area contributed by atoms with Gasteiger partial charge in [-0.2, -0.15) is 13.2 Å². The van der Waals surface area contributed by atoms with Crippen LogP contribution in [0.15, 0.2) is 48.5 Å². The van der Waals surface area contributed by atoms with Crippen molar-refractivity contribution in [1.29, 1.82) is 0 Å². The van der Waals surface area contributed by atoms with Crippen LogP contribution in [0.2, 0.25) is 0 Å². The van der Waals surface area contributed by atoms with E-state index in [4.69, 9.17) is 0 Å². The van der Waals surface area contributed by atoms with Crippen LogP contribution in [0.5, 0.6) is 5.75 Å². The second-order valence-electron chi connectivity index (χ2n) is 9.23. The molecule has 0 amide bonds. The summed E-state index contributed by atoms with van der Waals surface area (Å²) in [5, 5.41) is 1.36. The number of alkyl halides is 6. The number of ether oxygens (including phenoxy) is 1. The zero-order valence-electron chi connectivity index (χ0n) is 20.2. The minimum Gasteiger partial charge on any atom is -0.755 e. The lowest BCUT2D eigenvalue weighted by Gasteiger charge is -2.41. The van der Waals surface area contributed by atoms with Gasteiger partial charge in [-0.05, 0) is 67.4 Å². The van der Waals surface area contributed by atoms with Gasteiger partial charge in [-0.15, -0.1) is 24.5 Å². The Balaban J connectivity index is 1.64. The molecule has 2 heterocycles. The molecule has 5 nitrogen and oxygen atoms in total. The fraction of sp³-hybridized carbons (Fsp3) is 0.440. The molecule has 0 bridgehead atoms. The summed E-state index contributed by atoms with van der Waals surface area (Å²) in [5.41, 5.74) is 1.29. The highest BCUT2D eigenvalue weighted by Crippen LogP contribution is 2.39. The molecule has 0 saturated carbocycles. The average molecular weight is 580 g/mol. The van der Waals surface area contributed by atoms with Gasteiger partial charge in [0.1, 0.15) is 10.8 Å². The minimum absolute atomic E-state index is 0.0111. The Labute approximate surface area is 222 Å². The number of nitrogens with zero attached hydrogens (tertiary/aromatic N) is 2. The standard InChI is InChI=1S/C25H26F6N2O3S2/c1-16-21-6-2-3-7-22(21)37-23(16)33(38(34)35)15-19(32-12-4-5-18(14-32)24(26,27)28)13-17-8-10-20(11-9-17)36-25(29,30)31/h2-3,6-11,18-19H,4-5,12-15H2,1H3,(H,34,35)/p-1. The molecule has 0 radical (unpaired) electrons. The van der Waals surface area contributed by atoms with Crippen LogP contribution < -0.4 is 9.04 Å². The van der Waals surface area contributed by atoms with Gasteiger partial charge in [0.2, 0.25) is 0 Å². The van der Waals surface area contributed by atoms with Crippen molar-refractivity contribution in [3.05, 3.63) is 59.7 Å². The molecule has 0 N–H and O–H groups in total. The van der Waals surface area contributed by atoms with Crippen LogP contribution in [0.3, 0.4) is 0 Å². The first-order valence-corrected chi connectivity index (χ1v) is 13.7. The van der Waals surface area contributed by atoms with Gasteiger partial charge in [-0.25, -0.2) is 0 Å². The maximum Gasteiger partial charge on any atom is 0.573 e. The summed E-state index contributed by atoms with van der Waals surface area (Å²) in [6.45, 7) is 1.74. The van der Waals surface area contributed by atoms with Gasteiger partial charge in [0.15, 0.2) is 0 Å².